The largest absolute Gasteiger partial charge is 0.465 e. The van der Waals surface area contributed by atoms with Crippen LogP contribution in [0.5, 0.6) is 11.5 Å². The van der Waals surface area contributed by atoms with Crippen LogP contribution in [0.1, 0.15) is 15.9 Å². The molecule has 26 heavy (non-hydrogen) atoms. The van der Waals surface area contributed by atoms with Crippen molar-refractivity contribution in [3.05, 3.63) is 77.2 Å². The molecule has 3 rings (SSSR count). The quantitative estimate of drug-likeness (QED) is 0.651. The van der Waals surface area contributed by atoms with Gasteiger partial charge in [-0.25, -0.2) is 4.79 Å². The molecule has 132 valence electrons. The molecule has 0 aliphatic rings. The molecule has 0 atom stereocenters. The third-order valence-electron chi connectivity index (χ3n) is 3.57. The van der Waals surface area contributed by atoms with Crippen molar-refractivity contribution in [2.45, 2.75) is 6.42 Å². The van der Waals surface area contributed by atoms with Gasteiger partial charge in [-0.3, -0.25) is 4.79 Å². The number of rotatable bonds is 6. The Balaban J connectivity index is 1.66. The molecular weight excluding hydrogens is 350 g/mol. The number of hydrogen-bond donors (Lipinski definition) is 1. The number of para-hydroxylation sites is 1. The van der Waals surface area contributed by atoms with Gasteiger partial charge in [-0.05, 0) is 41.3 Å². The Morgan fingerprint density at radius 3 is 2.54 bits per heavy atom. The second-order valence-electron chi connectivity index (χ2n) is 5.44. The molecule has 0 bridgehead atoms. The van der Waals surface area contributed by atoms with E-state index >= 15 is 0 Å². The fourth-order valence-corrected chi connectivity index (χ4v) is 3.17. The first-order valence-corrected chi connectivity index (χ1v) is 8.81. The molecule has 0 spiro atoms. The second-order valence-corrected chi connectivity index (χ2v) is 6.36. The Morgan fingerprint density at radius 1 is 1.00 bits per heavy atom. The highest BCUT2D eigenvalue weighted by atomic mass is 32.1. The van der Waals surface area contributed by atoms with E-state index in [-0.39, 0.29) is 12.3 Å². The number of carbonyl (C=O) groups excluding carboxylic acids is 2. The minimum atomic E-state index is -0.472. The fraction of sp³-hybridized carbons (Fsp3) is 0.100. The first-order valence-electron chi connectivity index (χ1n) is 7.93. The number of carbonyl (C=O) groups is 2. The number of thiophene rings is 1. The lowest BCUT2D eigenvalue weighted by atomic mass is 10.1. The van der Waals surface area contributed by atoms with Crippen molar-refractivity contribution in [3.63, 3.8) is 0 Å². The Bertz CT molecular complexity index is 905. The number of benzene rings is 2. The molecular formula is C20H17NO4S. The number of esters is 1. The minimum Gasteiger partial charge on any atom is -0.465 e. The zero-order valence-corrected chi connectivity index (χ0v) is 14.9. The van der Waals surface area contributed by atoms with Crippen molar-refractivity contribution < 1.29 is 19.1 Å². The van der Waals surface area contributed by atoms with E-state index in [9.17, 15) is 9.59 Å². The molecule has 0 aliphatic heterocycles. The third-order valence-corrected chi connectivity index (χ3v) is 4.40. The molecule has 1 heterocycles. The summed E-state index contributed by atoms with van der Waals surface area (Å²) < 4.78 is 10.5. The molecule has 0 fully saturated rings. The molecule has 2 aromatic carbocycles. The van der Waals surface area contributed by atoms with Gasteiger partial charge in [0.15, 0.2) is 0 Å². The monoisotopic (exact) mass is 367 g/mol. The first-order chi connectivity index (χ1) is 12.7. The van der Waals surface area contributed by atoms with Gasteiger partial charge in [0, 0.05) is 0 Å². The van der Waals surface area contributed by atoms with Crippen molar-refractivity contribution in [3.8, 4) is 11.5 Å². The van der Waals surface area contributed by atoms with Gasteiger partial charge in [-0.1, -0.05) is 30.3 Å². The third kappa shape index (κ3) is 4.49. The highest BCUT2D eigenvalue weighted by molar-refractivity contribution is 7.14. The van der Waals surface area contributed by atoms with Crippen LogP contribution >= 0.6 is 11.3 Å². The van der Waals surface area contributed by atoms with Crippen LogP contribution in [0, 0.1) is 0 Å². The zero-order chi connectivity index (χ0) is 18.4. The van der Waals surface area contributed by atoms with Gasteiger partial charge in [0.25, 0.3) is 0 Å². The van der Waals surface area contributed by atoms with Crippen LogP contribution in [-0.2, 0) is 16.0 Å². The Morgan fingerprint density at radius 2 is 1.77 bits per heavy atom. The summed E-state index contributed by atoms with van der Waals surface area (Å²) in [6.45, 7) is 0. The van der Waals surface area contributed by atoms with Crippen LogP contribution in [-0.4, -0.2) is 19.0 Å². The Labute approximate surface area is 155 Å². The summed E-state index contributed by atoms with van der Waals surface area (Å²) in [4.78, 5) is 24.0. The lowest BCUT2D eigenvalue weighted by molar-refractivity contribution is -0.115. The standard InChI is InChI=1S/C20H17NO4S/c1-24-20(23)17-10-11-26-19(17)21-18(22)13-14-6-5-9-16(12-14)25-15-7-3-2-4-8-15/h2-12H,13H2,1H3,(H,21,22). The maximum atomic E-state index is 12.3. The topological polar surface area (TPSA) is 64.6 Å². The van der Waals surface area contributed by atoms with Gasteiger partial charge in [-0.15, -0.1) is 11.3 Å². The van der Waals surface area contributed by atoms with Crippen LogP contribution in [0.3, 0.4) is 0 Å². The molecule has 0 radical (unpaired) electrons. The second kappa shape index (κ2) is 8.31. The number of nitrogens with one attached hydrogen (secondary N) is 1. The lowest BCUT2D eigenvalue weighted by Crippen LogP contribution is -2.15. The molecule has 5 nitrogen and oxygen atoms in total. The average molecular weight is 367 g/mol. The summed E-state index contributed by atoms with van der Waals surface area (Å²) in [6, 6.07) is 18.4. The molecule has 1 N–H and O–H groups in total. The summed E-state index contributed by atoms with van der Waals surface area (Å²) in [6.07, 6.45) is 0.171. The number of hydrogen-bond acceptors (Lipinski definition) is 5. The minimum absolute atomic E-state index is 0.171. The zero-order valence-electron chi connectivity index (χ0n) is 14.1. The average Bonchev–Trinajstić information content (AvgIpc) is 3.10. The fourth-order valence-electron chi connectivity index (χ4n) is 2.38. The van der Waals surface area contributed by atoms with E-state index in [4.69, 9.17) is 9.47 Å². The van der Waals surface area contributed by atoms with Crippen molar-refractivity contribution in [2.75, 3.05) is 12.4 Å². The number of anilines is 1. The van der Waals surface area contributed by atoms with Crippen molar-refractivity contribution in [2.24, 2.45) is 0 Å². The van der Waals surface area contributed by atoms with Gasteiger partial charge < -0.3 is 14.8 Å². The molecule has 0 saturated carbocycles. The van der Waals surface area contributed by atoms with Crippen molar-refractivity contribution in [1.29, 1.82) is 0 Å². The predicted molar refractivity (Wildman–Crippen MR) is 101 cm³/mol. The van der Waals surface area contributed by atoms with Crippen LogP contribution in [0.4, 0.5) is 5.00 Å². The Kier molecular flexibility index (Phi) is 5.66. The first kappa shape index (κ1) is 17.7. The van der Waals surface area contributed by atoms with Gasteiger partial charge in [0.2, 0.25) is 5.91 Å². The smallest absolute Gasteiger partial charge is 0.340 e. The number of amides is 1. The van der Waals surface area contributed by atoms with E-state index in [1.807, 2.05) is 54.6 Å². The maximum absolute atomic E-state index is 12.3. The normalized spacial score (nSPS) is 10.2. The molecule has 0 unspecified atom stereocenters. The lowest BCUT2D eigenvalue weighted by Gasteiger charge is -2.08. The molecule has 1 aromatic heterocycles. The van der Waals surface area contributed by atoms with E-state index in [1.54, 1.807) is 11.4 Å². The van der Waals surface area contributed by atoms with Crippen molar-refractivity contribution in [1.82, 2.24) is 0 Å². The molecule has 0 saturated heterocycles. The van der Waals surface area contributed by atoms with Crippen LogP contribution in [0.25, 0.3) is 0 Å². The Hall–Kier alpha value is -3.12. The van der Waals surface area contributed by atoms with E-state index in [2.05, 4.69) is 5.32 Å². The van der Waals surface area contributed by atoms with Crippen molar-refractivity contribution >= 4 is 28.2 Å². The van der Waals surface area contributed by atoms with Crippen LogP contribution in [0.2, 0.25) is 0 Å². The number of ether oxygens (including phenoxy) is 2. The summed E-state index contributed by atoms with van der Waals surface area (Å²) in [5.74, 6) is 0.706. The summed E-state index contributed by atoms with van der Waals surface area (Å²) in [5, 5.41) is 4.98. The van der Waals surface area contributed by atoms with Crippen LogP contribution < -0.4 is 10.1 Å². The summed E-state index contributed by atoms with van der Waals surface area (Å²) >= 11 is 1.28. The molecule has 1 amide bonds. The van der Waals surface area contributed by atoms with Gasteiger partial charge in [0.05, 0.1) is 19.1 Å². The van der Waals surface area contributed by atoms with Gasteiger partial charge in [0.1, 0.15) is 16.5 Å². The number of methoxy groups -OCH3 is 1. The van der Waals surface area contributed by atoms with Gasteiger partial charge >= 0.3 is 5.97 Å². The molecule has 0 aliphatic carbocycles. The molecule has 6 heteroatoms. The van der Waals surface area contributed by atoms with Crippen LogP contribution in [0.15, 0.2) is 66.0 Å². The summed E-state index contributed by atoms with van der Waals surface area (Å²) in [5.41, 5.74) is 1.17. The highest BCUT2D eigenvalue weighted by Gasteiger charge is 2.15. The molecule has 3 aromatic rings. The highest BCUT2D eigenvalue weighted by Crippen LogP contribution is 2.25. The van der Waals surface area contributed by atoms with E-state index < -0.39 is 5.97 Å². The van der Waals surface area contributed by atoms with Gasteiger partial charge in [-0.2, -0.15) is 0 Å². The maximum Gasteiger partial charge on any atom is 0.340 e. The predicted octanol–water partition coefficient (Wildman–Crippen LogP) is 4.51. The van der Waals surface area contributed by atoms with E-state index in [0.29, 0.717) is 16.3 Å². The van der Waals surface area contributed by atoms with E-state index in [1.165, 1.54) is 18.4 Å². The SMILES string of the molecule is COC(=O)c1ccsc1NC(=O)Cc1cccc(Oc2ccccc2)c1. The van der Waals surface area contributed by atoms with E-state index in [0.717, 1.165) is 11.3 Å². The summed E-state index contributed by atoms with van der Waals surface area (Å²) in [7, 11) is 1.31.